The van der Waals surface area contributed by atoms with Crippen LogP contribution in [-0.2, 0) is 29.2 Å². The van der Waals surface area contributed by atoms with Gasteiger partial charge in [-0.3, -0.25) is 4.99 Å². The van der Waals surface area contributed by atoms with E-state index in [0.29, 0.717) is 19.3 Å². The van der Waals surface area contributed by atoms with Gasteiger partial charge in [-0.1, -0.05) is 48.0 Å². The summed E-state index contributed by atoms with van der Waals surface area (Å²) in [5.74, 6) is 0.842. The number of aliphatic imine (C=N–C) groups is 1. The van der Waals surface area contributed by atoms with Crippen molar-refractivity contribution in [3.63, 3.8) is 0 Å². The second-order valence-corrected chi connectivity index (χ2v) is 7.77. The van der Waals surface area contributed by atoms with Gasteiger partial charge in [0.25, 0.3) is 0 Å². The van der Waals surface area contributed by atoms with E-state index in [1.807, 2.05) is 25.2 Å². The molecule has 1 heterocycles. The molecule has 2 aromatic rings. The predicted molar refractivity (Wildman–Crippen MR) is 134 cm³/mol. The fraction of sp³-hybridized carbons (Fsp3) is 0.435. The largest absolute Gasteiger partial charge is 0.381 e. The first-order chi connectivity index (χ1) is 14.1. The quantitative estimate of drug-likeness (QED) is 0.308. The number of nitrogens with one attached hydrogen (secondary N) is 1. The van der Waals surface area contributed by atoms with Crippen molar-refractivity contribution in [3.05, 3.63) is 70.2 Å². The number of guanidine groups is 1. The van der Waals surface area contributed by atoms with Gasteiger partial charge in [0, 0.05) is 45.4 Å². The number of benzene rings is 2. The third kappa shape index (κ3) is 8.06. The van der Waals surface area contributed by atoms with Crippen LogP contribution in [0.1, 0.15) is 29.5 Å². The van der Waals surface area contributed by atoms with E-state index in [4.69, 9.17) is 21.1 Å². The standard InChI is InChI=1S/C23H30ClN3O2.HI/c1-25-23(27(2)16-19-6-4-8-21(24)14-19)26-15-18-5-3-7-20(13-18)17-29-22-9-11-28-12-10-22;/h3-8,13-14,22H,9-12,15-17H2,1-2H3,(H,25,26);1H. The van der Waals surface area contributed by atoms with Crippen LogP contribution in [0.2, 0.25) is 5.02 Å². The number of rotatable bonds is 7. The van der Waals surface area contributed by atoms with Crippen LogP contribution in [0.25, 0.3) is 0 Å². The first-order valence-electron chi connectivity index (χ1n) is 10.1. The Balaban J connectivity index is 0.00000320. The third-order valence-electron chi connectivity index (χ3n) is 4.98. The third-order valence-corrected chi connectivity index (χ3v) is 5.21. The fourth-order valence-electron chi connectivity index (χ4n) is 3.44. The maximum atomic E-state index is 6.09. The van der Waals surface area contributed by atoms with Crippen LogP contribution in [-0.4, -0.2) is 44.3 Å². The van der Waals surface area contributed by atoms with Crippen LogP contribution in [0.3, 0.4) is 0 Å². The van der Waals surface area contributed by atoms with E-state index in [9.17, 15) is 0 Å². The van der Waals surface area contributed by atoms with Crippen molar-refractivity contribution < 1.29 is 9.47 Å². The zero-order valence-electron chi connectivity index (χ0n) is 17.6. The molecule has 30 heavy (non-hydrogen) atoms. The number of halogens is 2. The van der Waals surface area contributed by atoms with Gasteiger partial charge in [0.05, 0.1) is 12.7 Å². The van der Waals surface area contributed by atoms with Crippen LogP contribution < -0.4 is 5.32 Å². The lowest BCUT2D eigenvalue weighted by atomic mass is 10.1. The molecule has 3 rings (SSSR count). The van der Waals surface area contributed by atoms with Crippen molar-refractivity contribution in [1.29, 1.82) is 0 Å². The van der Waals surface area contributed by atoms with Crippen LogP contribution in [0.4, 0.5) is 0 Å². The molecule has 0 atom stereocenters. The highest BCUT2D eigenvalue weighted by atomic mass is 127. The summed E-state index contributed by atoms with van der Waals surface area (Å²) in [5.41, 5.74) is 3.55. The SMILES string of the molecule is CN=C(NCc1cccc(COC2CCOCC2)c1)N(C)Cc1cccc(Cl)c1.I. The molecule has 1 saturated heterocycles. The molecule has 1 fully saturated rings. The van der Waals surface area contributed by atoms with Gasteiger partial charge in [-0.2, -0.15) is 0 Å². The molecule has 0 bridgehead atoms. The Hall–Kier alpha value is -1.35. The van der Waals surface area contributed by atoms with E-state index in [-0.39, 0.29) is 24.0 Å². The minimum Gasteiger partial charge on any atom is -0.381 e. The minimum absolute atomic E-state index is 0. The molecule has 0 saturated carbocycles. The second kappa shape index (κ2) is 13.1. The lowest BCUT2D eigenvalue weighted by Gasteiger charge is -2.23. The molecule has 0 unspecified atom stereocenters. The average molecular weight is 544 g/mol. The van der Waals surface area contributed by atoms with Crippen LogP contribution in [0.5, 0.6) is 0 Å². The summed E-state index contributed by atoms with van der Waals surface area (Å²) >= 11 is 6.09. The molecule has 1 aliphatic rings. The van der Waals surface area contributed by atoms with Crippen LogP contribution >= 0.6 is 35.6 Å². The molecule has 0 spiro atoms. The first-order valence-corrected chi connectivity index (χ1v) is 10.4. The monoisotopic (exact) mass is 543 g/mol. The molecule has 0 aromatic heterocycles. The zero-order valence-corrected chi connectivity index (χ0v) is 20.7. The Bertz CT molecular complexity index is 813. The maximum absolute atomic E-state index is 6.09. The highest BCUT2D eigenvalue weighted by Gasteiger charge is 2.14. The summed E-state index contributed by atoms with van der Waals surface area (Å²) in [4.78, 5) is 6.49. The summed E-state index contributed by atoms with van der Waals surface area (Å²) in [5, 5.41) is 4.19. The van der Waals surface area contributed by atoms with Gasteiger partial charge in [-0.15, -0.1) is 24.0 Å². The second-order valence-electron chi connectivity index (χ2n) is 7.33. The van der Waals surface area contributed by atoms with Crippen molar-refractivity contribution in [2.45, 2.75) is 38.6 Å². The lowest BCUT2D eigenvalue weighted by molar-refractivity contribution is -0.0390. The van der Waals surface area contributed by atoms with E-state index in [0.717, 1.165) is 49.1 Å². The molecule has 1 N–H and O–H groups in total. The molecule has 0 aliphatic carbocycles. The van der Waals surface area contributed by atoms with Crippen LogP contribution in [0, 0.1) is 0 Å². The van der Waals surface area contributed by atoms with E-state index in [2.05, 4.69) is 45.5 Å². The van der Waals surface area contributed by atoms with Crippen LogP contribution in [0.15, 0.2) is 53.5 Å². The smallest absolute Gasteiger partial charge is 0.193 e. The van der Waals surface area contributed by atoms with Gasteiger partial charge in [0.1, 0.15) is 0 Å². The summed E-state index contributed by atoms with van der Waals surface area (Å²) in [6.45, 7) is 3.69. The lowest BCUT2D eigenvalue weighted by Crippen LogP contribution is -2.38. The minimum atomic E-state index is 0. The highest BCUT2D eigenvalue weighted by Crippen LogP contribution is 2.15. The van der Waals surface area contributed by atoms with Crippen molar-refractivity contribution in [3.8, 4) is 0 Å². The molecule has 1 aliphatic heterocycles. The summed E-state index contributed by atoms with van der Waals surface area (Å²) in [7, 11) is 3.82. The van der Waals surface area contributed by atoms with Crippen molar-refractivity contribution in [2.24, 2.45) is 4.99 Å². The Labute approximate surface area is 201 Å². The molecule has 5 nitrogen and oxygen atoms in total. The van der Waals surface area contributed by atoms with E-state index in [1.165, 1.54) is 11.1 Å². The van der Waals surface area contributed by atoms with E-state index < -0.39 is 0 Å². The topological polar surface area (TPSA) is 46.1 Å². The Morgan fingerprint density at radius 1 is 1.13 bits per heavy atom. The van der Waals surface area contributed by atoms with Crippen molar-refractivity contribution >= 4 is 41.5 Å². The van der Waals surface area contributed by atoms with Gasteiger partial charge in [-0.05, 0) is 41.7 Å². The maximum Gasteiger partial charge on any atom is 0.193 e. The van der Waals surface area contributed by atoms with Gasteiger partial charge in [-0.25, -0.2) is 0 Å². The van der Waals surface area contributed by atoms with Crippen molar-refractivity contribution in [2.75, 3.05) is 27.3 Å². The Morgan fingerprint density at radius 2 is 1.83 bits per heavy atom. The fourth-order valence-corrected chi connectivity index (χ4v) is 3.65. The Morgan fingerprint density at radius 3 is 2.57 bits per heavy atom. The Kier molecular flexibility index (Phi) is 10.9. The van der Waals surface area contributed by atoms with E-state index >= 15 is 0 Å². The summed E-state index contributed by atoms with van der Waals surface area (Å²) in [6, 6.07) is 16.4. The number of nitrogens with zero attached hydrogens (tertiary/aromatic N) is 2. The number of hydrogen-bond acceptors (Lipinski definition) is 3. The first kappa shape index (κ1) is 24.9. The van der Waals surface area contributed by atoms with Gasteiger partial charge in [0.2, 0.25) is 0 Å². The number of ether oxygens (including phenoxy) is 2. The predicted octanol–water partition coefficient (Wildman–Crippen LogP) is 4.86. The van der Waals surface area contributed by atoms with Gasteiger partial charge in [0.15, 0.2) is 5.96 Å². The summed E-state index contributed by atoms with van der Waals surface area (Å²) in [6.07, 6.45) is 2.28. The van der Waals surface area contributed by atoms with E-state index in [1.54, 1.807) is 7.05 Å². The zero-order chi connectivity index (χ0) is 20.5. The average Bonchev–Trinajstić information content (AvgIpc) is 2.74. The molecule has 7 heteroatoms. The van der Waals surface area contributed by atoms with Crippen molar-refractivity contribution in [1.82, 2.24) is 10.2 Å². The molecule has 2 aromatic carbocycles. The highest BCUT2D eigenvalue weighted by molar-refractivity contribution is 14.0. The number of hydrogen-bond donors (Lipinski definition) is 1. The molecular formula is C23H31ClIN3O2. The molecule has 164 valence electrons. The van der Waals surface area contributed by atoms with Gasteiger partial charge >= 0.3 is 0 Å². The normalized spacial score (nSPS) is 14.8. The molecule has 0 radical (unpaired) electrons. The molecular weight excluding hydrogens is 513 g/mol. The molecule has 0 amide bonds. The van der Waals surface area contributed by atoms with Gasteiger partial charge < -0.3 is 19.7 Å². The summed E-state index contributed by atoms with van der Waals surface area (Å²) < 4.78 is 11.4.